The van der Waals surface area contributed by atoms with E-state index in [1.165, 1.54) is 18.2 Å². The highest BCUT2D eigenvalue weighted by molar-refractivity contribution is 5.89. The van der Waals surface area contributed by atoms with E-state index in [9.17, 15) is 31.1 Å². The van der Waals surface area contributed by atoms with Gasteiger partial charge in [0.05, 0.1) is 30.4 Å². The third-order valence-electron chi connectivity index (χ3n) is 5.71. The van der Waals surface area contributed by atoms with Gasteiger partial charge in [-0.15, -0.1) is 0 Å². The summed E-state index contributed by atoms with van der Waals surface area (Å²) in [6.07, 6.45) is -9.15. The van der Waals surface area contributed by atoms with Crippen LogP contribution in [0.3, 0.4) is 0 Å². The molecule has 0 unspecified atom stereocenters. The van der Waals surface area contributed by atoms with Crippen molar-refractivity contribution in [2.45, 2.75) is 32.2 Å². The average Bonchev–Trinajstić information content (AvgIpc) is 2.99. The quantitative estimate of drug-likeness (QED) is 0.167. The molecule has 0 aliphatic heterocycles. The van der Waals surface area contributed by atoms with E-state index in [1.807, 2.05) is 6.07 Å². The molecule has 0 atom stereocenters. The minimum Gasteiger partial charge on any atom is -0.488 e. The molecule has 222 valence electrons. The molecule has 4 aromatic rings. The van der Waals surface area contributed by atoms with Crippen molar-refractivity contribution in [2.75, 3.05) is 7.11 Å². The molecule has 0 spiro atoms. The van der Waals surface area contributed by atoms with E-state index in [0.29, 0.717) is 0 Å². The lowest BCUT2D eigenvalue weighted by atomic mass is 10.1. The van der Waals surface area contributed by atoms with Crippen LogP contribution in [0.25, 0.3) is 0 Å². The fraction of sp³-hybridized carbons (Fsp3) is 0.194. The SMILES string of the molecule is COC(=O)c1ccc(OCc2ccccc2)c(C(F)(F)F)c1.OCc1ccc(OCc2ccccc2)c(C(F)(F)F)c1. The van der Waals surface area contributed by atoms with Crippen LogP contribution in [0.1, 0.15) is 38.2 Å². The molecule has 11 heteroatoms. The zero-order valence-electron chi connectivity index (χ0n) is 22.2. The van der Waals surface area contributed by atoms with Gasteiger partial charge in [0.25, 0.3) is 0 Å². The van der Waals surface area contributed by atoms with E-state index in [-0.39, 0.29) is 35.8 Å². The first kappa shape index (κ1) is 32.0. The molecule has 1 N–H and O–H groups in total. The molecule has 0 heterocycles. The first-order valence-electron chi connectivity index (χ1n) is 12.4. The van der Waals surface area contributed by atoms with Gasteiger partial charge in [-0.25, -0.2) is 4.79 Å². The van der Waals surface area contributed by atoms with Crippen LogP contribution in [0, 0.1) is 0 Å². The first-order chi connectivity index (χ1) is 19.9. The number of ether oxygens (including phenoxy) is 3. The molecule has 0 amide bonds. The predicted molar refractivity (Wildman–Crippen MR) is 142 cm³/mol. The van der Waals surface area contributed by atoms with Crippen LogP contribution in [0.4, 0.5) is 26.3 Å². The van der Waals surface area contributed by atoms with Crippen molar-refractivity contribution >= 4 is 5.97 Å². The van der Waals surface area contributed by atoms with Crippen molar-refractivity contribution in [1.82, 2.24) is 0 Å². The molecule has 5 nitrogen and oxygen atoms in total. The van der Waals surface area contributed by atoms with Crippen LogP contribution < -0.4 is 9.47 Å². The summed E-state index contributed by atoms with van der Waals surface area (Å²) in [6.45, 7) is -0.383. The summed E-state index contributed by atoms with van der Waals surface area (Å²) in [7, 11) is 1.11. The summed E-state index contributed by atoms with van der Waals surface area (Å²) < 4.78 is 93.0. The molecule has 0 aliphatic carbocycles. The van der Waals surface area contributed by atoms with E-state index in [4.69, 9.17) is 14.6 Å². The van der Waals surface area contributed by atoms with Crippen LogP contribution in [0.2, 0.25) is 0 Å². The van der Waals surface area contributed by atoms with Gasteiger partial charge < -0.3 is 19.3 Å². The fourth-order valence-corrected chi connectivity index (χ4v) is 3.62. The second-order valence-corrected chi connectivity index (χ2v) is 8.74. The standard InChI is InChI=1S/C16H13F3O3.C15H13F3O2/c1-21-15(20)12-7-8-14(13(9-12)16(17,18)19)22-10-11-5-3-2-4-6-11;16-15(17,18)13-8-12(9-19)6-7-14(13)20-10-11-4-2-1-3-5-11/h2-9H,10H2,1H3;1-8,19H,9-10H2. The molecular weight excluding hydrogens is 566 g/mol. The van der Waals surface area contributed by atoms with Crippen molar-refractivity contribution in [3.8, 4) is 11.5 Å². The summed E-state index contributed by atoms with van der Waals surface area (Å²) in [4.78, 5) is 11.4. The summed E-state index contributed by atoms with van der Waals surface area (Å²) >= 11 is 0. The maximum Gasteiger partial charge on any atom is 0.419 e. The number of carbonyl (C=O) groups excluding carboxylic acids is 1. The van der Waals surface area contributed by atoms with Gasteiger partial charge >= 0.3 is 18.3 Å². The number of methoxy groups -OCH3 is 1. The Kier molecular flexibility index (Phi) is 11.0. The third-order valence-corrected chi connectivity index (χ3v) is 5.71. The Bertz CT molecular complexity index is 1440. The number of rotatable bonds is 8. The Hall–Kier alpha value is -4.51. The van der Waals surface area contributed by atoms with Crippen molar-refractivity contribution in [1.29, 1.82) is 0 Å². The second-order valence-electron chi connectivity index (χ2n) is 8.74. The zero-order valence-corrected chi connectivity index (χ0v) is 22.2. The van der Waals surface area contributed by atoms with Crippen molar-refractivity contribution < 1.29 is 50.5 Å². The summed E-state index contributed by atoms with van der Waals surface area (Å²) in [6, 6.07) is 24.4. The van der Waals surface area contributed by atoms with Crippen LogP contribution in [0.15, 0.2) is 97.1 Å². The number of aliphatic hydroxyl groups is 1. The number of hydrogen-bond donors (Lipinski definition) is 1. The molecule has 4 aromatic carbocycles. The van der Waals surface area contributed by atoms with Gasteiger partial charge in [-0.1, -0.05) is 66.7 Å². The lowest BCUT2D eigenvalue weighted by molar-refractivity contribution is -0.140. The van der Waals surface area contributed by atoms with E-state index >= 15 is 0 Å². The zero-order chi connectivity index (χ0) is 30.8. The van der Waals surface area contributed by atoms with Gasteiger partial charge in [0.2, 0.25) is 0 Å². The number of carbonyl (C=O) groups is 1. The lowest BCUT2D eigenvalue weighted by Crippen LogP contribution is -2.11. The lowest BCUT2D eigenvalue weighted by Gasteiger charge is -2.15. The van der Waals surface area contributed by atoms with Crippen molar-refractivity contribution in [3.63, 3.8) is 0 Å². The third kappa shape index (κ3) is 9.27. The minimum absolute atomic E-state index is 0.00148. The van der Waals surface area contributed by atoms with Crippen molar-refractivity contribution in [2.24, 2.45) is 0 Å². The predicted octanol–water partition coefficient (Wildman–Crippen LogP) is 7.85. The largest absolute Gasteiger partial charge is 0.488 e. The number of alkyl halides is 6. The van der Waals surface area contributed by atoms with E-state index in [0.717, 1.165) is 36.4 Å². The van der Waals surface area contributed by atoms with E-state index in [1.54, 1.807) is 54.6 Å². The smallest absolute Gasteiger partial charge is 0.419 e. The number of benzene rings is 4. The van der Waals surface area contributed by atoms with E-state index in [2.05, 4.69) is 4.74 Å². The number of hydrogen-bond acceptors (Lipinski definition) is 5. The molecule has 0 saturated carbocycles. The monoisotopic (exact) mass is 592 g/mol. The summed E-state index contributed by atoms with van der Waals surface area (Å²) in [5.74, 6) is -1.40. The van der Waals surface area contributed by atoms with Gasteiger partial charge in [-0.2, -0.15) is 26.3 Å². The molecule has 42 heavy (non-hydrogen) atoms. The van der Waals surface area contributed by atoms with Gasteiger partial charge in [-0.3, -0.25) is 0 Å². The number of halogens is 6. The average molecular weight is 593 g/mol. The number of aliphatic hydroxyl groups excluding tert-OH is 1. The minimum atomic E-state index is -4.63. The maximum absolute atomic E-state index is 13.1. The molecule has 0 bridgehead atoms. The highest BCUT2D eigenvalue weighted by Gasteiger charge is 2.36. The highest BCUT2D eigenvalue weighted by atomic mass is 19.4. The van der Waals surface area contributed by atoms with Crippen molar-refractivity contribution in [3.05, 3.63) is 130 Å². The Morgan fingerprint density at radius 1 is 0.643 bits per heavy atom. The van der Waals surface area contributed by atoms with Gasteiger partial charge in [-0.05, 0) is 47.0 Å². The first-order valence-corrected chi connectivity index (χ1v) is 12.4. The second kappa shape index (κ2) is 14.4. The number of esters is 1. The topological polar surface area (TPSA) is 65.0 Å². The van der Waals surface area contributed by atoms with Crippen LogP contribution in [-0.2, 0) is 36.9 Å². The Morgan fingerprint density at radius 3 is 1.52 bits per heavy atom. The van der Waals surface area contributed by atoms with Crippen LogP contribution >= 0.6 is 0 Å². The van der Waals surface area contributed by atoms with Gasteiger partial charge in [0.15, 0.2) is 0 Å². The normalized spacial score (nSPS) is 11.2. The van der Waals surface area contributed by atoms with Gasteiger partial charge in [0.1, 0.15) is 24.7 Å². The van der Waals surface area contributed by atoms with Gasteiger partial charge in [0, 0.05) is 0 Å². The molecule has 0 fully saturated rings. The molecule has 0 radical (unpaired) electrons. The molecule has 0 saturated heterocycles. The van der Waals surface area contributed by atoms with Crippen LogP contribution in [-0.4, -0.2) is 18.2 Å². The molecule has 4 rings (SSSR count). The van der Waals surface area contributed by atoms with Crippen LogP contribution in [0.5, 0.6) is 11.5 Å². The summed E-state index contributed by atoms with van der Waals surface area (Å²) in [5, 5.41) is 8.92. The maximum atomic E-state index is 13.1. The Balaban J connectivity index is 0.000000231. The molecule has 0 aliphatic rings. The highest BCUT2D eigenvalue weighted by Crippen LogP contribution is 2.38. The Morgan fingerprint density at radius 2 is 1.10 bits per heavy atom. The Labute approximate surface area is 237 Å². The summed E-state index contributed by atoms with van der Waals surface area (Å²) in [5.41, 5.74) is -0.336. The fourth-order valence-electron chi connectivity index (χ4n) is 3.62. The molecule has 0 aromatic heterocycles. The van der Waals surface area contributed by atoms with E-state index < -0.39 is 36.1 Å². The molecular formula is C31H26F6O5.